The lowest BCUT2D eigenvalue weighted by Crippen LogP contribution is -2.60. The molecule has 2 N–H and O–H groups in total. The summed E-state index contributed by atoms with van der Waals surface area (Å²) in [7, 11) is 1.82. The van der Waals surface area contributed by atoms with Gasteiger partial charge in [0.1, 0.15) is 0 Å². The molecule has 1 saturated heterocycles. The topological polar surface area (TPSA) is 77.3 Å². The first kappa shape index (κ1) is 22.1. The van der Waals surface area contributed by atoms with Gasteiger partial charge in [-0.15, -0.1) is 0 Å². The molecule has 1 amide bonds. The van der Waals surface area contributed by atoms with Crippen molar-refractivity contribution in [1.82, 2.24) is 9.80 Å². The highest BCUT2D eigenvalue weighted by Gasteiger charge is 2.60. The summed E-state index contributed by atoms with van der Waals surface area (Å²) in [6, 6.07) is 0. The largest absolute Gasteiger partial charge is 0.350 e. The predicted octanol–water partition coefficient (Wildman–Crippen LogP) is 2.40. The monoisotopic (exact) mass is 435 g/mol. The second kappa shape index (κ2) is 9.26. The fourth-order valence-electron chi connectivity index (χ4n) is 7.57. The molecule has 6 rings (SSSR count). The number of methoxy groups -OCH3 is 1. The first-order valence-corrected chi connectivity index (χ1v) is 12.7. The smallest absolute Gasteiger partial charge is 0.236 e. The van der Waals surface area contributed by atoms with Crippen LogP contribution in [0.5, 0.6) is 0 Å². The summed E-state index contributed by atoms with van der Waals surface area (Å²) < 4.78 is 6.07. The minimum Gasteiger partial charge on any atom is -0.350 e. The Morgan fingerprint density at radius 1 is 0.935 bits per heavy atom. The van der Waals surface area contributed by atoms with Crippen LogP contribution in [0.25, 0.3) is 0 Å². The van der Waals surface area contributed by atoms with Crippen molar-refractivity contribution in [2.75, 3.05) is 46.4 Å². The zero-order valence-corrected chi connectivity index (χ0v) is 19.2. The number of nitrogens with two attached hydrogens (primary N) is 1. The Hall–Kier alpha value is -0.730. The van der Waals surface area contributed by atoms with Crippen molar-refractivity contribution in [3.63, 3.8) is 0 Å². The molecule has 0 radical (unpaired) electrons. The number of ether oxygens (including phenoxy) is 1. The highest BCUT2D eigenvalue weighted by atomic mass is 17.2. The van der Waals surface area contributed by atoms with Gasteiger partial charge in [-0.05, 0) is 75.5 Å². The summed E-state index contributed by atoms with van der Waals surface area (Å²) in [5.41, 5.74) is 5.49. The zero-order chi connectivity index (χ0) is 21.4. The van der Waals surface area contributed by atoms with Gasteiger partial charge in [-0.1, -0.05) is 0 Å². The maximum atomic E-state index is 11.7. The van der Waals surface area contributed by atoms with Crippen LogP contribution in [0, 0.1) is 29.6 Å². The minimum atomic E-state index is -0.495. The first-order valence-electron chi connectivity index (χ1n) is 12.7. The maximum absolute atomic E-state index is 11.7. The molecule has 5 saturated carbocycles. The molecule has 0 aromatic rings. The summed E-state index contributed by atoms with van der Waals surface area (Å²) in [6.07, 6.45) is 11.1. The van der Waals surface area contributed by atoms with Crippen LogP contribution in [-0.2, 0) is 19.3 Å². The highest BCUT2D eigenvalue weighted by molar-refractivity contribution is 5.78. The van der Waals surface area contributed by atoms with Crippen molar-refractivity contribution in [2.24, 2.45) is 35.3 Å². The Morgan fingerprint density at radius 3 is 2.10 bits per heavy atom. The van der Waals surface area contributed by atoms with Gasteiger partial charge in [0.2, 0.25) is 11.7 Å². The molecule has 176 valence electrons. The summed E-state index contributed by atoms with van der Waals surface area (Å²) in [5, 5.41) is 0. The van der Waals surface area contributed by atoms with Crippen LogP contribution < -0.4 is 5.73 Å². The van der Waals surface area contributed by atoms with Crippen LogP contribution in [0.1, 0.15) is 57.8 Å². The molecule has 7 heteroatoms. The Labute approximate surface area is 186 Å². The number of nitrogens with zero attached hydrogens (tertiary/aromatic N) is 2. The van der Waals surface area contributed by atoms with Crippen LogP contribution >= 0.6 is 0 Å². The molecule has 5 aliphatic carbocycles. The van der Waals surface area contributed by atoms with E-state index in [1.165, 1.54) is 44.9 Å². The van der Waals surface area contributed by atoms with E-state index in [4.69, 9.17) is 20.2 Å². The minimum absolute atomic E-state index is 0.0743. The number of rotatable bonds is 7. The zero-order valence-electron chi connectivity index (χ0n) is 19.2. The van der Waals surface area contributed by atoms with Crippen LogP contribution in [0.15, 0.2) is 0 Å². The lowest BCUT2D eigenvalue weighted by Gasteiger charge is -2.58. The van der Waals surface area contributed by atoms with Gasteiger partial charge in [-0.3, -0.25) is 9.69 Å². The quantitative estimate of drug-likeness (QED) is 0.376. The fraction of sp³-hybridized carbons (Fsp3) is 0.958. The molecule has 0 spiro atoms. The maximum Gasteiger partial charge on any atom is 0.236 e. The molecule has 7 nitrogen and oxygen atoms in total. The number of hydrogen-bond donors (Lipinski definition) is 1. The van der Waals surface area contributed by atoms with E-state index < -0.39 is 5.79 Å². The number of piperazine rings is 1. The van der Waals surface area contributed by atoms with Crippen molar-refractivity contribution in [3.8, 4) is 0 Å². The third-order valence-electron chi connectivity index (χ3n) is 9.12. The van der Waals surface area contributed by atoms with E-state index in [1.54, 1.807) is 0 Å². The number of hydrogen-bond acceptors (Lipinski definition) is 6. The number of amides is 1. The molecule has 31 heavy (non-hydrogen) atoms. The Balaban J connectivity index is 1.05. The van der Waals surface area contributed by atoms with E-state index in [9.17, 15) is 4.79 Å². The van der Waals surface area contributed by atoms with Crippen LogP contribution in [0.4, 0.5) is 0 Å². The summed E-state index contributed by atoms with van der Waals surface area (Å²) in [5.74, 6) is 3.09. The van der Waals surface area contributed by atoms with E-state index in [2.05, 4.69) is 4.90 Å². The molecule has 6 aliphatic rings. The first-order chi connectivity index (χ1) is 15.1. The lowest BCUT2D eigenvalue weighted by molar-refractivity contribution is -0.486. The summed E-state index contributed by atoms with van der Waals surface area (Å²) >= 11 is 0. The fourth-order valence-corrected chi connectivity index (χ4v) is 7.57. The van der Waals surface area contributed by atoms with Gasteiger partial charge >= 0.3 is 0 Å². The average molecular weight is 436 g/mol. The van der Waals surface area contributed by atoms with E-state index in [1.807, 2.05) is 12.0 Å². The molecule has 1 aliphatic heterocycles. The van der Waals surface area contributed by atoms with Crippen molar-refractivity contribution in [1.29, 1.82) is 0 Å². The van der Waals surface area contributed by atoms with Gasteiger partial charge in [-0.2, -0.15) is 0 Å². The molecule has 0 aromatic carbocycles. The second-order valence-electron chi connectivity index (χ2n) is 10.9. The molecular formula is C24H41N3O4. The van der Waals surface area contributed by atoms with Crippen molar-refractivity contribution in [3.05, 3.63) is 0 Å². The molecule has 1 heterocycles. The van der Waals surface area contributed by atoms with Gasteiger partial charge in [0.15, 0.2) is 0 Å². The van der Waals surface area contributed by atoms with Gasteiger partial charge in [0.25, 0.3) is 0 Å². The Morgan fingerprint density at radius 2 is 1.55 bits per heavy atom. The van der Waals surface area contributed by atoms with Crippen LogP contribution in [0.2, 0.25) is 0 Å². The number of carbonyl (C=O) groups is 1. The second-order valence-corrected chi connectivity index (χ2v) is 10.9. The van der Waals surface area contributed by atoms with Gasteiger partial charge in [-0.25, -0.2) is 9.78 Å². The molecule has 6 fully saturated rings. The van der Waals surface area contributed by atoms with E-state index >= 15 is 0 Å². The predicted molar refractivity (Wildman–Crippen MR) is 117 cm³/mol. The Kier molecular flexibility index (Phi) is 6.59. The molecule has 0 atom stereocenters. The van der Waals surface area contributed by atoms with E-state index in [-0.39, 0.29) is 18.6 Å². The highest BCUT2D eigenvalue weighted by Crippen LogP contribution is 2.60. The van der Waals surface area contributed by atoms with Crippen molar-refractivity contribution in [2.45, 2.75) is 69.7 Å². The average Bonchev–Trinajstić information content (AvgIpc) is 2.80. The van der Waals surface area contributed by atoms with Crippen molar-refractivity contribution >= 4 is 5.91 Å². The standard InChI is InChI=1S/C24H41N3O4/c1-29-24(20-11-18-10-19(13-20)14-21(24)12-18)31-30-22-4-2-17(3-5-22)16-26-6-8-27(9-7-26)23(28)15-25/h17-22H,2-16,25H2,1H3/t17-,18?,19?,20?,21?,22+,24?. The third kappa shape index (κ3) is 4.41. The lowest BCUT2D eigenvalue weighted by atomic mass is 9.53. The number of carbonyl (C=O) groups excluding carboxylic acids is 1. The third-order valence-corrected chi connectivity index (χ3v) is 9.12. The van der Waals surface area contributed by atoms with Gasteiger partial charge < -0.3 is 15.4 Å². The van der Waals surface area contributed by atoms with Crippen LogP contribution in [-0.4, -0.2) is 74.0 Å². The SMILES string of the molecule is COC1(OO[C@H]2CC[C@@H](CN3CCN(C(=O)CN)CC3)CC2)C2CC3CC(C2)CC1C3. The van der Waals surface area contributed by atoms with E-state index in [0.29, 0.717) is 17.8 Å². The van der Waals surface area contributed by atoms with Gasteiger partial charge in [0.05, 0.1) is 12.6 Å². The van der Waals surface area contributed by atoms with Gasteiger partial charge in [0, 0.05) is 51.7 Å². The summed E-state index contributed by atoms with van der Waals surface area (Å²) in [6.45, 7) is 4.81. The molecule has 0 unspecified atom stereocenters. The normalized spacial score (nSPS) is 42.8. The van der Waals surface area contributed by atoms with E-state index in [0.717, 1.165) is 57.4 Å². The molecule has 0 aromatic heterocycles. The summed E-state index contributed by atoms with van der Waals surface area (Å²) in [4.78, 5) is 28.5. The van der Waals surface area contributed by atoms with Crippen molar-refractivity contribution < 1.29 is 19.3 Å². The van der Waals surface area contributed by atoms with Crippen LogP contribution in [0.3, 0.4) is 0 Å². The molecule has 4 bridgehead atoms. The Bertz CT molecular complexity index is 600. The molecular weight excluding hydrogens is 394 g/mol.